The number of benzene rings is 1. The van der Waals surface area contributed by atoms with E-state index in [1.165, 1.54) is 22.0 Å². The molecule has 0 radical (unpaired) electrons. The van der Waals surface area contributed by atoms with Crippen molar-refractivity contribution >= 4 is 22.6 Å². The summed E-state index contributed by atoms with van der Waals surface area (Å²) in [5, 5.41) is 12.1. The van der Waals surface area contributed by atoms with E-state index in [1.807, 2.05) is 0 Å². The molecule has 16 heavy (non-hydrogen) atoms. The van der Waals surface area contributed by atoms with E-state index in [-0.39, 0.29) is 0 Å². The highest BCUT2D eigenvalue weighted by Gasteiger charge is 1.93. The van der Waals surface area contributed by atoms with Crippen LogP contribution in [0.5, 0.6) is 0 Å². The topological polar surface area (TPSA) is 32.3 Å². The Bertz CT molecular complexity index is 274. The summed E-state index contributed by atoms with van der Waals surface area (Å²) in [7, 11) is 0. The summed E-state index contributed by atoms with van der Waals surface area (Å²) in [5.41, 5.74) is 1.34. The molecule has 0 spiro atoms. The van der Waals surface area contributed by atoms with Crippen LogP contribution >= 0.6 is 22.6 Å². The number of unbranched alkanes of at least 4 members (excludes halogenated alkanes) is 3. The lowest BCUT2D eigenvalue weighted by Crippen LogP contribution is -2.14. The maximum atomic E-state index is 8.62. The molecule has 0 aromatic heterocycles. The van der Waals surface area contributed by atoms with Crippen molar-refractivity contribution in [3.05, 3.63) is 33.4 Å². The molecule has 0 saturated heterocycles. The van der Waals surface area contributed by atoms with E-state index in [4.69, 9.17) is 5.11 Å². The summed E-state index contributed by atoms with van der Waals surface area (Å²) < 4.78 is 1.28. The first-order valence-corrected chi connectivity index (χ1v) is 6.97. The Morgan fingerprint density at radius 1 is 1.00 bits per heavy atom. The predicted molar refractivity (Wildman–Crippen MR) is 76.4 cm³/mol. The fourth-order valence-corrected chi connectivity index (χ4v) is 1.91. The second kappa shape index (κ2) is 8.96. The second-order valence-corrected chi connectivity index (χ2v) is 5.19. The van der Waals surface area contributed by atoms with E-state index in [9.17, 15) is 0 Å². The molecule has 0 aliphatic carbocycles. The van der Waals surface area contributed by atoms with Gasteiger partial charge in [-0.05, 0) is 59.7 Å². The van der Waals surface area contributed by atoms with Gasteiger partial charge in [-0.1, -0.05) is 25.0 Å². The van der Waals surface area contributed by atoms with Gasteiger partial charge in [0.05, 0.1) is 0 Å². The van der Waals surface area contributed by atoms with Gasteiger partial charge < -0.3 is 10.4 Å². The summed E-state index contributed by atoms with van der Waals surface area (Å²) >= 11 is 2.32. The van der Waals surface area contributed by atoms with Gasteiger partial charge in [0.15, 0.2) is 0 Å². The van der Waals surface area contributed by atoms with Gasteiger partial charge >= 0.3 is 0 Å². The van der Waals surface area contributed by atoms with E-state index in [1.54, 1.807) is 0 Å². The molecule has 0 amide bonds. The van der Waals surface area contributed by atoms with Crippen LogP contribution in [0.1, 0.15) is 31.2 Å². The number of nitrogens with one attached hydrogen (secondary N) is 1. The molecule has 1 aromatic rings. The summed E-state index contributed by atoms with van der Waals surface area (Å²) in [6.07, 6.45) is 4.49. The molecule has 0 atom stereocenters. The summed E-state index contributed by atoms with van der Waals surface area (Å²) in [5.74, 6) is 0. The number of aliphatic hydroxyl groups excluding tert-OH is 1. The van der Waals surface area contributed by atoms with E-state index >= 15 is 0 Å². The highest BCUT2D eigenvalue weighted by atomic mass is 127. The molecule has 90 valence electrons. The number of halogens is 1. The lowest BCUT2D eigenvalue weighted by Gasteiger charge is -2.04. The zero-order chi connectivity index (χ0) is 11.6. The third-order valence-electron chi connectivity index (χ3n) is 2.50. The minimum absolute atomic E-state index is 0.329. The van der Waals surface area contributed by atoms with Crippen molar-refractivity contribution in [1.29, 1.82) is 0 Å². The molecule has 0 saturated carbocycles. The smallest absolute Gasteiger partial charge is 0.0431 e. The van der Waals surface area contributed by atoms with Crippen LogP contribution in [0.3, 0.4) is 0 Å². The number of hydrogen-bond acceptors (Lipinski definition) is 2. The molecule has 0 aliphatic heterocycles. The minimum Gasteiger partial charge on any atom is -0.396 e. The SMILES string of the molecule is OCCCCCCNCc1ccc(I)cc1. The van der Waals surface area contributed by atoms with Crippen LogP contribution < -0.4 is 5.32 Å². The minimum atomic E-state index is 0.329. The number of hydrogen-bond donors (Lipinski definition) is 2. The summed E-state index contributed by atoms with van der Waals surface area (Å²) in [6.45, 7) is 2.35. The lowest BCUT2D eigenvalue weighted by atomic mass is 10.2. The highest BCUT2D eigenvalue weighted by molar-refractivity contribution is 14.1. The van der Waals surface area contributed by atoms with Crippen LogP contribution in [-0.4, -0.2) is 18.3 Å². The summed E-state index contributed by atoms with van der Waals surface area (Å²) in [6, 6.07) is 8.61. The predicted octanol–water partition coefficient (Wildman–Crippen LogP) is 2.93. The van der Waals surface area contributed by atoms with Gasteiger partial charge in [0.1, 0.15) is 0 Å². The average Bonchev–Trinajstić information content (AvgIpc) is 2.30. The molecule has 2 N–H and O–H groups in total. The van der Waals surface area contributed by atoms with Crippen molar-refractivity contribution in [3.8, 4) is 0 Å². The Kier molecular flexibility index (Phi) is 7.80. The monoisotopic (exact) mass is 333 g/mol. The third kappa shape index (κ3) is 6.45. The molecular weight excluding hydrogens is 313 g/mol. The Balaban J connectivity index is 2.01. The van der Waals surface area contributed by atoms with E-state index < -0.39 is 0 Å². The molecule has 0 aliphatic rings. The Morgan fingerprint density at radius 2 is 1.69 bits per heavy atom. The van der Waals surface area contributed by atoms with Gasteiger partial charge in [0.2, 0.25) is 0 Å². The molecule has 2 nitrogen and oxygen atoms in total. The van der Waals surface area contributed by atoms with Gasteiger partial charge in [-0.15, -0.1) is 0 Å². The fraction of sp³-hybridized carbons (Fsp3) is 0.538. The number of aliphatic hydroxyl groups is 1. The molecular formula is C13H20INO. The molecule has 0 bridgehead atoms. The standard InChI is InChI=1S/C13H20INO/c14-13-7-5-12(6-8-13)11-15-9-3-1-2-4-10-16/h5-8,15-16H,1-4,9-11H2. The average molecular weight is 333 g/mol. The van der Waals surface area contributed by atoms with Crippen LogP contribution in [0, 0.1) is 3.57 Å². The van der Waals surface area contributed by atoms with Gasteiger partial charge in [0, 0.05) is 16.7 Å². The normalized spacial score (nSPS) is 10.6. The third-order valence-corrected chi connectivity index (χ3v) is 3.22. The van der Waals surface area contributed by atoms with Gasteiger partial charge in [0.25, 0.3) is 0 Å². The zero-order valence-electron chi connectivity index (χ0n) is 9.58. The zero-order valence-corrected chi connectivity index (χ0v) is 11.7. The molecule has 1 aromatic carbocycles. The van der Waals surface area contributed by atoms with Gasteiger partial charge in [-0.2, -0.15) is 0 Å². The molecule has 0 unspecified atom stereocenters. The Hall–Kier alpha value is -0.130. The van der Waals surface area contributed by atoms with Crippen LogP contribution in [0.4, 0.5) is 0 Å². The maximum Gasteiger partial charge on any atom is 0.0431 e. The quantitative estimate of drug-likeness (QED) is 0.566. The van der Waals surface area contributed by atoms with E-state index in [2.05, 4.69) is 52.2 Å². The Labute approximate surface area is 112 Å². The van der Waals surface area contributed by atoms with Crippen LogP contribution in [0.15, 0.2) is 24.3 Å². The molecule has 0 heterocycles. The molecule has 1 rings (SSSR count). The van der Waals surface area contributed by atoms with Gasteiger partial charge in [-0.3, -0.25) is 0 Å². The van der Waals surface area contributed by atoms with Crippen LogP contribution in [0.25, 0.3) is 0 Å². The van der Waals surface area contributed by atoms with E-state index in [0.717, 1.165) is 25.9 Å². The lowest BCUT2D eigenvalue weighted by molar-refractivity contribution is 0.282. The summed E-state index contributed by atoms with van der Waals surface area (Å²) in [4.78, 5) is 0. The van der Waals surface area contributed by atoms with Crippen molar-refractivity contribution in [2.45, 2.75) is 32.2 Å². The maximum absolute atomic E-state index is 8.62. The molecule has 0 fully saturated rings. The van der Waals surface area contributed by atoms with Crippen LogP contribution in [0.2, 0.25) is 0 Å². The van der Waals surface area contributed by atoms with Crippen molar-refractivity contribution in [2.75, 3.05) is 13.2 Å². The highest BCUT2D eigenvalue weighted by Crippen LogP contribution is 2.06. The first kappa shape index (κ1) is 13.9. The number of rotatable bonds is 8. The van der Waals surface area contributed by atoms with Crippen LogP contribution in [-0.2, 0) is 6.54 Å². The first-order chi connectivity index (χ1) is 7.83. The first-order valence-electron chi connectivity index (χ1n) is 5.89. The largest absolute Gasteiger partial charge is 0.396 e. The van der Waals surface area contributed by atoms with Crippen molar-refractivity contribution in [1.82, 2.24) is 5.32 Å². The van der Waals surface area contributed by atoms with Gasteiger partial charge in [-0.25, -0.2) is 0 Å². The van der Waals surface area contributed by atoms with Crippen molar-refractivity contribution in [2.24, 2.45) is 0 Å². The van der Waals surface area contributed by atoms with E-state index in [0.29, 0.717) is 6.61 Å². The second-order valence-electron chi connectivity index (χ2n) is 3.94. The van der Waals surface area contributed by atoms with Crippen molar-refractivity contribution in [3.63, 3.8) is 0 Å². The Morgan fingerprint density at radius 3 is 2.38 bits per heavy atom. The molecule has 3 heteroatoms. The van der Waals surface area contributed by atoms with Crippen molar-refractivity contribution < 1.29 is 5.11 Å². The fourth-order valence-electron chi connectivity index (χ4n) is 1.55.